The van der Waals surface area contributed by atoms with Crippen LogP contribution >= 0.6 is 11.6 Å². The minimum absolute atomic E-state index is 0.133. The highest BCUT2D eigenvalue weighted by molar-refractivity contribution is 6.21. The number of halogens is 1. The zero-order valence-electron chi connectivity index (χ0n) is 10.8. The summed E-state index contributed by atoms with van der Waals surface area (Å²) >= 11 is 6.13. The first-order valence-corrected chi connectivity index (χ1v) is 6.65. The molecule has 94 valence electrons. The molecule has 3 heteroatoms. The first-order chi connectivity index (χ1) is 7.30. The third-order valence-corrected chi connectivity index (χ3v) is 4.11. The van der Waals surface area contributed by atoms with Crippen molar-refractivity contribution in [1.29, 1.82) is 0 Å². The number of carbonyl (C=O) groups excluding carboxylic acids is 1. The van der Waals surface area contributed by atoms with Gasteiger partial charge in [0.05, 0.1) is 5.38 Å². The number of nitrogens with one attached hydrogen (secondary N) is 1. The lowest BCUT2D eigenvalue weighted by Crippen LogP contribution is -2.33. The Labute approximate surface area is 104 Å². The lowest BCUT2D eigenvalue weighted by molar-refractivity contribution is -0.122. The molecule has 0 radical (unpaired) electrons. The SMILES string of the molecule is CC(CC(=O)NCC(Cl)C1CC1)C(C)(C)C. The molecule has 1 rings (SSSR count). The maximum Gasteiger partial charge on any atom is 0.220 e. The van der Waals surface area contributed by atoms with Crippen molar-refractivity contribution in [2.24, 2.45) is 17.3 Å². The molecule has 0 aliphatic heterocycles. The van der Waals surface area contributed by atoms with Gasteiger partial charge in [-0.1, -0.05) is 27.7 Å². The molecular weight excluding hydrogens is 222 g/mol. The van der Waals surface area contributed by atoms with Crippen LogP contribution in [0.1, 0.15) is 47.0 Å². The van der Waals surface area contributed by atoms with Crippen molar-refractivity contribution in [3.05, 3.63) is 0 Å². The Morgan fingerprint density at radius 1 is 1.44 bits per heavy atom. The Hall–Kier alpha value is -0.240. The van der Waals surface area contributed by atoms with Crippen LogP contribution in [0.5, 0.6) is 0 Å². The Kier molecular flexibility index (Phi) is 4.66. The average molecular weight is 246 g/mol. The lowest BCUT2D eigenvalue weighted by Gasteiger charge is -2.26. The molecule has 0 aromatic carbocycles. The van der Waals surface area contributed by atoms with Gasteiger partial charge in [-0.2, -0.15) is 0 Å². The first kappa shape index (κ1) is 13.8. The van der Waals surface area contributed by atoms with Crippen LogP contribution in [0.3, 0.4) is 0 Å². The van der Waals surface area contributed by atoms with Crippen LogP contribution in [0, 0.1) is 17.3 Å². The van der Waals surface area contributed by atoms with E-state index in [4.69, 9.17) is 11.6 Å². The van der Waals surface area contributed by atoms with Crippen molar-refractivity contribution < 1.29 is 4.79 Å². The number of alkyl halides is 1. The molecule has 0 saturated heterocycles. The fourth-order valence-corrected chi connectivity index (χ4v) is 1.82. The summed E-state index contributed by atoms with van der Waals surface area (Å²) in [6.45, 7) is 9.25. The summed E-state index contributed by atoms with van der Waals surface area (Å²) in [5.41, 5.74) is 0.189. The summed E-state index contributed by atoms with van der Waals surface area (Å²) in [6.07, 6.45) is 3.04. The fourth-order valence-electron chi connectivity index (χ4n) is 1.49. The van der Waals surface area contributed by atoms with Gasteiger partial charge < -0.3 is 5.32 Å². The van der Waals surface area contributed by atoms with Gasteiger partial charge in [-0.15, -0.1) is 11.6 Å². The van der Waals surface area contributed by atoms with Crippen molar-refractivity contribution >= 4 is 17.5 Å². The maximum atomic E-state index is 11.7. The summed E-state index contributed by atoms with van der Waals surface area (Å²) in [4.78, 5) is 11.7. The van der Waals surface area contributed by atoms with E-state index < -0.39 is 0 Å². The normalized spacial score (nSPS) is 20.3. The average Bonchev–Trinajstić information content (AvgIpc) is 2.95. The third-order valence-electron chi connectivity index (χ3n) is 3.60. The molecule has 0 bridgehead atoms. The van der Waals surface area contributed by atoms with Crippen molar-refractivity contribution in [2.75, 3.05) is 6.54 Å². The molecular formula is C13H24ClNO. The van der Waals surface area contributed by atoms with Crippen LogP contribution < -0.4 is 5.32 Å². The minimum atomic E-state index is 0.133. The number of carbonyl (C=O) groups is 1. The highest BCUT2D eigenvalue weighted by Gasteiger charge is 2.30. The second kappa shape index (κ2) is 5.39. The van der Waals surface area contributed by atoms with E-state index in [1.54, 1.807) is 0 Å². The van der Waals surface area contributed by atoms with Crippen LogP contribution in [-0.2, 0) is 4.79 Å². The van der Waals surface area contributed by atoms with Gasteiger partial charge in [0.1, 0.15) is 0 Å². The van der Waals surface area contributed by atoms with Crippen LogP contribution in [0.15, 0.2) is 0 Å². The molecule has 1 aliphatic carbocycles. The molecule has 0 spiro atoms. The monoisotopic (exact) mass is 245 g/mol. The Balaban J connectivity index is 2.19. The summed E-state index contributed by atoms with van der Waals surface area (Å²) in [7, 11) is 0. The highest BCUT2D eigenvalue weighted by atomic mass is 35.5. The topological polar surface area (TPSA) is 29.1 Å². The molecule has 0 aromatic rings. The van der Waals surface area contributed by atoms with Gasteiger partial charge >= 0.3 is 0 Å². The van der Waals surface area contributed by atoms with E-state index >= 15 is 0 Å². The van der Waals surface area contributed by atoms with Crippen molar-refractivity contribution in [3.63, 3.8) is 0 Å². The number of amides is 1. The van der Waals surface area contributed by atoms with Gasteiger partial charge in [-0.25, -0.2) is 0 Å². The summed E-state index contributed by atoms with van der Waals surface area (Å²) in [5, 5.41) is 3.07. The maximum absolute atomic E-state index is 11.7. The predicted molar refractivity (Wildman–Crippen MR) is 68.6 cm³/mol. The Morgan fingerprint density at radius 2 is 2.00 bits per heavy atom. The van der Waals surface area contributed by atoms with E-state index in [1.165, 1.54) is 12.8 Å². The van der Waals surface area contributed by atoms with E-state index in [9.17, 15) is 4.79 Å². The fraction of sp³-hybridized carbons (Fsp3) is 0.923. The quantitative estimate of drug-likeness (QED) is 0.741. The van der Waals surface area contributed by atoms with Gasteiger partial charge in [0, 0.05) is 13.0 Å². The van der Waals surface area contributed by atoms with Crippen molar-refractivity contribution in [1.82, 2.24) is 5.32 Å². The van der Waals surface area contributed by atoms with Crippen molar-refractivity contribution in [3.8, 4) is 0 Å². The summed E-state index contributed by atoms with van der Waals surface area (Å²) < 4.78 is 0. The molecule has 1 aliphatic rings. The second-order valence-electron chi connectivity index (χ2n) is 6.13. The van der Waals surface area contributed by atoms with Crippen LogP contribution in [-0.4, -0.2) is 17.8 Å². The molecule has 2 atom stereocenters. The molecule has 1 amide bonds. The Bertz CT molecular complexity index is 243. The van der Waals surface area contributed by atoms with Crippen LogP contribution in [0.2, 0.25) is 0 Å². The number of rotatable bonds is 5. The highest BCUT2D eigenvalue weighted by Crippen LogP contribution is 2.35. The van der Waals surface area contributed by atoms with Gasteiger partial charge in [-0.3, -0.25) is 4.79 Å². The lowest BCUT2D eigenvalue weighted by atomic mass is 9.80. The van der Waals surface area contributed by atoms with Crippen molar-refractivity contribution in [2.45, 2.75) is 52.3 Å². The molecule has 16 heavy (non-hydrogen) atoms. The van der Waals surface area contributed by atoms with E-state index in [0.717, 1.165) is 0 Å². The zero-order chi connectivity index (χ0) is 12.3. The second-order valence-corrected chi connectivity index (χ2v) is 6.69. The molecule has 1 N–H and O–H groups in total. The molecule has 2 unspecified atom stereocenters. The minimum Gasteiger partial charge on any atom is -0.355 e. The smallest absolute Gasteiger partial charge is 0.220 e. The van der Waals surface area contributed by atoms with E-state index in [2.05, 4.69) is 33.0 Å². The molecule has 2 nitrogen and oxygen atoms in total. The number of hydrogen-bond acceptors (Lipinski definition) is 1. The summed E-state index contributed by atoms with van der Waals surface area (Å²) in [6, 6.07) is 0. The Morgan fingerprint density at radius 3 is 2.44 bits per heavy atom. The zero-order valence-corrected chi connectivity index (χ0v) is 11.6. The summed E-state index contributed by atoms with van der Waals surface area (Å²) in [5.74, 6) is 1.16. The third kappa shape index (κ3) is 4.73. The van der Waals surface area contributed by atoms with E-state index in [1.807, 2.05) is 0 Å². The standard InChI is InChI=1S/C13H24ClNO/c1-9(13(2,3)4)7-12(16)15-8-11(14)10-5-6-10/h9-11H,5-8H2,1-4H3,(H,15,16). The first-order valence-electron chi connectivity index (χ1n) is 6.21. The van der Waals surface area contributed by atoms with Gasteiger partial charge in [0.15, 0.2) is 0 Å². The van der Waals surface area contributed by atoms with Gasteiger partial charge in [-0.05, 0) is 30.1 Å². The van der Waals surface area contributed by atoms with E-state index in [-0.39, 0.29) is 16.7 Å². The van der Waals surface area contributed by atoms with Gasteiger partial charge in [0.25, 0.3) is 0 Å². The molecule has 1 fully saturated rings. The van der Waals surface area contributed by atoms with Crippen LogP contribution in [0.25, 0.3) is 0 Å². The largest absolute Gasteiger partial charge is 0.355 e. The van der Waals surface area contributed by atoms with E-state index in [0.29, 0.717) is 24.8 Å². The molecule has 1 saturated carbocycles. The molecule has 0 aromatic heterocycles. The van der Waals surface area contributed by atoms with Crippen LogP contribution in [0.4, 0.5) is 0 Å². The molecule has 0 heterocycles. The van der Waals surface area contributed by atoms with Gasteiger partial charge in [0.2, 0.25) is 5.91 Å². The predicted octanol–water partition coefficient (Wildman–Crippen LogP) is 3.19. The number of hydrogen-bond donors (Lipinski definition) is 1.